The summed E-state index contributed by atoms with van der Waals surface area (Å²) in [5.41, 5.74) is 0.225. The molecular weight excluding hydrogens is 345 g/mol. The molecule has 0 amide bonds. The second kappa shape index (κ2) is 6.45. The third-order valence-electron chi connectivity index (χ3n) is 2.60. The molecule has 7 heteroatoms. The highest BCUT2D eigenvalue weighted by Gasteiger charge is 2.19. The van der Waals surface area contributed by atoms with Crippen molar-refractivity contribution in [3.63, 3.8) is 0 Å². The first-order chi connectivity index (χ1) is 9.95. The fraction of sp³-hybridized carbons (Fsp3) is 0.0714. The zero-order chi connectivity index (χ0) is 15.4. The van der Waals surface area contributed by atoms with Gasteiger partial charge in [-0.05, 0) is 23.8 Å². The van der Waals surface area contributed by atoms with E-state index in [0.29, 0.717) is 5.56 Å². The van der Waals surface area contributed by atoms with Crippen LogP contribution in [0.2, 0.25) is 0 Å². The molecule has 2 aromatic rings. The molecule has 0 heterocycles. The molecule has 0 aromatic heterocycles. The Morgan fingerprint density at radius 1 is 1.24 bits per heavy atom. The molecule has 0 aliphatic carbocycles. The number of nitro benzene ring substituents is 1. The molecule has 0 bridgehead atoms. The van der Waals surface area contributed by atoms with Gasteiger partial charge in [0.2, 0.25) is 5.75 Å². The second-order valence-corrected chi connectivity index (χ2v) is 5.06. The molecule has 0 saturated carbocycles. The van der Waals surface area contributed by atoms with Gasteiger partial charge in [-0.25, -0.2) is 4.39 Å². The Kier molecular flexibility index (Phi) is 4.64. The Hall–Kier alpha value is -2.28. The SMILES string of the molecule is O=C(Cc1ccc(Br)cc1)Oc1cc(F)ccc1[N+](=O)[O-]. The Balaban J connectivity index is 2.14. The van der Waals surface area contributed by atoms with Crippen LogP contribution in [0.25, 0.3) is 0 Å². The maximum absolute atomic E-state index is 13.1. The summed E-state index contributed by atoms with van der Waals surface area (Å²) in [7, 11) is 0. The lowest BCUT2D eigenvalue weighted by Gasteiger charge is -2.05. The lowest BCUT2D eigenvalue weighted by Crippen LogP contribution is -2.12. The van der Waals surface area contributed by atoms with Gasteiger partial charge in [0.15, 0.2) is 0 Å². The number of hydrogen-bond donors (Lipinski definition) is 0. The number of esters is 1. The molecule has 0 atom stereocenters. The van der Waals surface area contributed by atoms with Gasteiger partial charge in [0.05, 0.1) is 11.3 Å². The quantitative estimate of drug-likeness (QED) is 0.364. The van der Waals surface area contributed by atoms with Crippen LogP contribution in [0.1, 0.15) is 5.56 Å². The van der Waals surface area contributed by atoms with Crippen molar-refractivity contribution in [1.82, 2.24) is 0 Å². The number of rotatable bonds is 4. The average Bonchev–Trinajstić information content (AvgIpc) is 2.41. The number of nitro groups is 1. The van der Waals surface area contributed by atoms with Gasteiger partial charge in [-0.1, -0.05) is 28.1 Å². The summed E-state index contributed by atoms with van der Waals surface area (Å²) >= 11 is 3.27. The van der Waals surface area contributed by atoms with Gasteiger partial charge in [0.1, 0.15) is 5.82 Å². The third kappa shape index (κ3) is 4.09. The summed E-state index contributed by atoms with van der Waals surface area (Å²) in [6, 6.07) is 9.65. The van der Waals surface area contributed by atoms with Crippen LogP contribution in [-0.2, 0) is 11.2 Å². The van der Waals surface area contributed by atoms with Crippen LogP contribution in [0.5, 0.6) is 5.75 Å². The lowest BCUT2D eigenvalue weighted by atomic mass is 10.1. The molecule has 0 saturated heterocycles. The molecule has 21 heavy (non-hydrogen) atoms. The zero-order valence-corrected chi connectivity index (χ0v) is 12.2. The molecule has 108 valence electrons. The minimum Gasteiger partial charge on any atom is -0.419 e. The number of carbonyl (C=O) groups excluding carboxylic acids is 1. The Morgan fingerprint density at radius 3 is 2.52 bits per heavy atom. The van der Waals surface area contributed by atoms with Crippen LogP contribution in [0.3, 0.4) is 0 Å². The van der Waals surface area contributed by atoms with E-state index < -0.39 is 28.1 Å². The van der Waals surface area contributed by atoms with Gasteiger partial charge in [0.25, 0.3) is 0 Å². The first kappa shape index (κ1) is 15.1. The molecule has 0 unspecified atom stereocenters. The van der Waals surface area contributed by atoms with E-state index >= 15 is 0 Å². The summed E-state index contributed by atoms with van der Waals surface area (Å²) < 4.78 is 18.9. The standard InChI is InChI=1S/C14H9BrFNO4/c15-10-3-1-9(2-4-10)7-14(18)21-13-8-11(16)5-6-12(13)17(19)20/h1-6,8H,7H2. The smallest absolute Gasteiger partial charge is 0.315 e. The number of nitrogens with zero attached hydrogens (tertiary/aromatic N) is 1. The highest BCUT2D eigenvalue weighted by Crippen LogP contribution is 2.27. The van der Waals surface area contributed by atoms with Crippen LogP contribution in [0.4, 0.5) is 10.1 Å². The van der Waals surface area contributed by atoms with E-state index in [2.05, 4.69) is 15.9 Å². The van der Waals surface area contributed by atoms with Crippen LogP contribution < -0.4 is 4.74 Å². The van der Waals surface area contributed by atoms with Crippen molar-refractivity contribution in [2.45, 2.75) is 6.42 Å². The van der Waals surface area contributed by atoms with Gasteiger partial charge in [-0.3, -0.25) is 14.9 Å². The normalized spacial score (nSPS) is 10.2. The van der Waals surface area contributed by atoms with E-state index in [1.807, 2.05) is 0 Å². The summed E-state index contributed by atoms with van der Waals surface area (Å²) in [4.78, 5) is 21.8. The predicted octanol–water partition coefficient (Wildman–Crippen LogP) is 3.64. The first-order valence-corrected chi connectivity index (χ1v) is 6.64. The predicted molar refractivity (Wildman–Crippen MR) is 76.5 cm³/mol. The Labute approximate surface area is 127 Å². The van der Waals surface area contributed by atoms with Crippen LogP contribution in [-0.4, -0.2) is 10.9 Å². The van der Waals surface area contributed by atoms with Gasteiger partial charge < -0.3 is 4.74 Å². The lowest BCUT2D eigenvalue weighted by molar-refractivity contribution is -0.385. The minimum atomic E-state index is -0.734. The second-order valence-electron chi connectivity index (χ2n) is 4.15. The molecule has 2 aromatic carbocycles. The zero-order valence-electron chi connectivity index (χ0n) is 10.6. The van der Waals surface area contributed by atoms with Gasteiger partial charge in [0, 0.05) is 16.6 Å². The van der Waals surface area contributed by atoms with Crippen molar-refractivity contribution in [3.05, 3.63) is 68.4 Å². The van der Waals surface area contributed by atoms with Crippen molar-refractivity contribution < 1.29 is 18.8 Å². The van der Waals surface area contributed by atoms with Crippen molar-refractivity contribution in [2.75, 3.05) is 0 Å². The van der Waals surface area contributed by atoms with Gasteiger partial charge in [-0.2, -0.15) is 0 Å². The van der Waals surface area contributed by atoms with E-state index in [-0.39, 0.29) is 6.42 Å². The van der Waals surface area contributed by atoms with E-state index in [1.165, 1.54) is 0 Å². The largest absolute Gasteiger partial charge is 0.419 e. The number of halogens is 2. The fourth-order valence-electron chi connectivity index (χ4n) is 1.65. The maximum Gasteiger partial charge on any atom is 0.315 e. The van der Waals surface area contributed by atoms with Crippen LogP contribution >= 0.6 is 15.9 Å². The van der Waals surface area contributed by atoms with Crippen LogP contribution in [0, 0.1) is 15.9 Å². The molecule has 2 rings (SSSR count). The summed E-state index contributed by atoms with van der Waals surface area (Å²) in [5, 5.41) is 10.8. The molecule has 0 aliphatic heterocycles. The van der Waals surface area contributed by atoms with E-state index in [4.69, 9.17) is 4.74 Å². The number of carbonyl (C=O) groups is 1. The summed E-state index contributed by atoms with van der Waals surface area (Å²) in [5.74, 6) is -1.82. The number of hydrogen-bond acceptors (Lipinski definition) is 4. The monoisotopic (exact) mass is 353 g/mol. The molecular formula is C14H9BrFNO4. The first-order valence-electron chi connectivity index (χ1n) is 5.85. The highest BCUT2D eigenvalue weighted by molar-refractivity contribution is 9.10. The molecule has 0 aliphatic rings. The molecule has 0 N–H and O–H groups in total. The van der Waals surface area contributed by atoms with Crippen LogP contribution in [0.15, 0.2) is 46.9 Å². The third-order valence-corrected chi connectivity index (χ3v) is 3.13. The molecule has 0 radical (unpaired) electrons. The average molecular weight is 354 g/mol. The number of benzene rings is 2. The molecule has 5 nitrogen and oxygen atoms in total. The van der Waals surface area contributed by atoms with Crippen molar-refractivity contribution >= 4 is 27.6 Å². The van der Waals surface area contributed by atoms with E-state index in [0.717, 1.165) is 22.7 Å². The van der Waals surface area contributed by atoms with Gasteiger partial charge >= 0.3 is 11.7 Å². The van der Waals surface area contributed by atoms with E-state index in [1.54, 1.807) is 24.3 Å². The van der Waals surface area contributed by atoms with E-state index in [9.17, 15) is 19.3 Å². The highest BCUT2D eigenvalue weighted by atomic mass is 79.9. The Morgan fingerprint density at radius 2 is 1.90 bits per heavy atom. The van der Waals surface area contributed by atoms with Crippen molar-refractivity contribution in [3.8, 4) is 5.75 Å². The van der Waals surface area contributed by atoms with Crippen molar-refractivity contribution in [2.24, 2.45) is 0 Å². The molecule has 0 spiro atoms. The summed E-state index contributed by atoms with van der Waals surface area (Å²) in [6.07, 6.45) is -0.0685. The maximum atomic E-state index is 13.1. The topological polar surface area (TPSA) is 69.4 Å². The van der Waals surface area contributed by atoms with Crippen molar-refractivity contribution in [1.29, 1.82) is 0 Å². The van der Waals surface area contributed by atoms with Gasteiger partial charge in [-0.15, -0.1) is 0 Å². The minimum absolute atomic E-state index is 0.0685. The fourth-order valence-corrected chi connectivity index (χ4v) is 1.91. The molecule has 0 fully saturated rings. The summed E-state index contributed by atoms with van der Waals surface area (Å²) in [6.45, 7) is 0. The number of ether oxygens (including phenoxy) is 1. The Bertz CT molecular complexity index is 688.